The minimum Gasteiger partial charge on any atom is -0.464 e. The molecule has 6 nitrogen and oxygen atoms in total. The number of carbonyl (C=O) groups is 2. The molecule has 1 aromatic carbocycles. The van der Waals surface area contributed by atoms with Gasteiger partial charge in [0.2, 0.25) is 0 Å². The van der Waals surface area contributed by atoms with Crippen LogP contribution in [-0.4, -0.2) is 37.7 Å². The molecule has 1 aliphatic heterocycles. The molecule has 3 rings (SSSR count). The molecule has 1 N–H and O–H groups in total. The number of rotatable bonds is 5. The summed E-state index contributed by atoms with van der Waals surface area (Å²) in [6, 6.07) is 6.67. The predicted molar refractivity (Wildman–Crippen MR) is 92.4 cm³/mol. The van der Waals surface area contributed by atoms with Crippen molar-refractivity contribution in [1.82, 2.24) is 5.32 Å². The first-order valence-electron chi connectivity index (χ1n) is 8.64. The van der Waals surface area contributed by atoms with Gasteiger partial charge in [-0.2, -0.15) is 0 Å². The highest BCUT2D eigenvalue weighted by atomic mass is 16.5. The van der Waals surface area contributed by atoms with E-state index in [-0.39, 0.29) is 18.3 Å². The van der Waals surface area contributed by atoms with Gasteiger partial charge in [-0.15, -0.1) is 0 Å². The van der Waals surface area contributed by atoms with Gasteiger partial charge in [-0.05, 0) is 44.9 Å². The van der Waals surface area contributed by atoms with Crippen LogP contribution in [0, 0.1) is 12.8 Å². The van der Waals surface area contributed by atoms with E-state index in [2.05, 4.69) is 5.32 Å². The summed E-state index contributed by atoms with van der Waals surface area (Å²) in [4.78, 5) is 24.9. The summed E-state index contributed by atoms with van der Waals surface area (Å²) in [5.41, 5.74) is 1.73. The number of carbonyl (C=O) groups excluding carboxylic acids is 2. The van der Waals surface area contributed by atoms with Crippen molar-refractivity contribution in [2.45, 2.75) is 32.7 Å². The van der Waals surface area contributed by atoms with Crippen molar-refractivity contribution < 1.29 is 23.5 Å². The summed E-state index contributed by atoms with van der Waals surface area (Å²) in [5.74, 6) is -0.759. The van der Waals surface area contributed by atoms with Crippen molar-refractivity contribution in [1.29, 1.82) is 0 Å². The standard InChI is InChI=1S/C19H23NO5/c1-3-24-19(22)17(13-5-4-8-23-11-13)20-18(21)16-10-14-9-12(2)6-7-15(14)25-16/h6-7,9-10,13,17H,3-5,8,11H2,1-2H3,(H,20,21)/t13-,17-/m0/s1. The molecule has 134 valence electrons. The zero-order chi connectivity index (χ0) is 17.8. The second-order valence-electron chi connectivity index (χ2n) is 6.33. The molecule has 0 spiro atoms. The van der Waals surface area contributed by atoms with Gasteiger partial charge in [-0.1, -0.05) is 11.6 Å². The lowest BCUT2D eigenvalue weighted by Gasteiger charge is -2.29. The molecule has 0 radical (unpaired) electrons. The zero-order valence-corrected chi connectivity index (χ0v) is 14.5. The fraction of sp³-hybridized carbons (Fsp3) is 0.474. The molecular weight excluding hydrogens is 322 g/mol. The SMILES string of the molecule is CCOC(=O)[C@@H](NC(=O)c1cc2cc(C)ccc2o1)[C@H]1CCCOC1. The first-order chi connectivity index (χ1) is 12.1. The van der Waals surface area contributed by atoms with Crippen molar-refractivity contribution in [3.63, 3.8) is 0 Å². The van der Waals surface area contributed by atoms with Crippen LogP contribution in [0.4, 0.5) is 0 Å². The normalized spacial score (nSPS) is 18.7. The first kappa shape index (κ1) is 17.5. The fourth-order valence-corrected chi connectivity index (χ4v) is 3.12. The third-order valence-corrected chi connectivity index (χ3v) is 4.39. The number of furan rings is 1. The minimum absolute atomic E-state index is 0.0941. The monoisotopic (exact) mass is 345 g/mol. The zero-order valence-electron chi connectivity index (χ0n) is 14.5. The van der Waals surface area contributed by atoms with Crippen LogP contribution in [0.2, 0.25) is 0 Å². The van der Waals surface area contributed by atoms with E-state index < -0.39 is 17.9 Å². The Labute approximate surface area is 146 Å². The number of aryl methyl sites for hydroxylation is 1. The van der Waals surface area contributed by atoms with E-state index in [0.717, 1.165) is 23.8 Å². The topological polar surface area (TPSA) is 77.8 Å². The molecule has 1 fully saturated rings. The fourth-order valence-electron chi connectivity index (χ4n) is 3.12. The Morgan fingerprint density at radius 2 is 2.20 bits per heavy atom. The van der Waals surface area contributed by atoms with Crippen molar-refractivity contribution in [3.8, 4) is 0 Å². The number of amides is 1. The Hall–Kier alpha value is -2.34. The molecular formula is C19H23NO5. The third kappa shape index (κ3) is 4.02. The van der Waals surface area contributed by atoms with E-state index in [1.54, 1.807) is 13.0 Å². The molecule has 0 bridgehead atoms. The summed E-state index contributed by atoms with van der Waals surface area (Å²) in [7, 11) is 0. The molecule has 1 saturated heterocycles. The van der Waals surface area contributed by atoms with Gasteiger partial charge in [0.15, 0.2) is 5.76 Å². The maximum atomic E-state index is 12.6. The number of nitrogens with one attached hydrogen (secondary N) is 1. The van der Waals surface area contributed by atoms with Gasteiger partial charge in [0.1, 0.15) is 11.6 Å². The van der Waals surface area contributed by atoms with Crippen LogP contribution < -0.4 is 5.32 Å². The van der Waals surface area contributed by atoms with E-state index in [1.807, 2.05) is 25.1 Å². The van der Waals surface area contributed by atoms with Gasteiger partial charge >= 0.3 is 5.97 Å². The molecule has 25 heavy (non-hydrogen) atoms. The Morgan fingerprint density at radius 1 is 1.36 bits per heavy atom. The van der Waals surface area contributed by atoms with Crippen molar-refractivity contribution in [2.24, 2.45) is 5.92 Å². The highest BCUT2D eigenvalue weighted by Crippen LogP contribution is 2.22. The van der Waals surface area contributed by atoms with Crippen LogP contribution in [0.25, 0.3) is 11.0 Å². The summed E-state index contributed by atoms with van der Waals surface area (Å²) >= 11 is 0. The largest absolute Gasteiger partial charge is 0.464 e. The summed E-state index contributed by atoms with van der Waals surface area (Å²) in [6.07, 6.45) is 1.67. The maximum Gasteiger partial charge on any atom is 0.329 e. The van der Waals surface area contributed by atoms with Gasteiger partial charge in [-0.25, -0.2) is 4.79 Å². The third-order valence-electron chi connectivity index (χ3n) is 4.39. The number of hydrogen-bond donors (Lipinski definition) is 1. The summed E-state index contributed by atoms with van der Waals surface area (Å²) in [5, 5.41) is 3.64. The average molecular weight is 345 g/mol. The predicted octanol–water partition coefficient (Wildman–Crippen LogP) is 2.83. The second kappa shape index (κ2) is 7.70. The lowest BCUT2D eigenvalue weighted by Crippen LogP contribution is -2.49. The number of hydrogen-bond acceptors (Lipinski definition) is 5. The van der Waals surface area contributed by atoms with E-state index in [9.17, 15) is 9.59 Å². The Kier molecular flexibility index (Phi) is 5.38. The second-order valence-corrected chi connectivity index (χ2v) is 6.33. The Morgan fingerprint density at radius 3 is 2.92 bits per heavy atom. The van der Waals surface area contributed by atoms with Gasteiger partial charge in [0.05, 0.1) is 13.2 Å². The molecule has 1 amide bonds. The molecule has 1 aromatic heterocycles. The lowest BCUT2D eigenvalue weighted by molar-refractivity contribution is -0.148. The highest BCUT2D eigenvalue weighted by Gasteiger charge is 2.33. The van der Waals surface area contributed by atoms with E-state index in [4.69, 9.17) is 13.9 Å². The molecule has 2 heterocycles. The molecule has 6 heteroatoms. The molecule has 2 aromatic rings. The number of ether oxygens (including phenoxy) is 2. The van der Waals surface area contributed by atoms with Crippen molar-refractivity contribution in [3.05, 3.63) is 35.6 Å². The van der Waals surface area contributed by atoms with Crippen LogP contribution in [0.3, 0.4) is 0 Å². The van der Waals surface area contributed by atoms with Gasteiger partial charge in [0, 0.05) is 17.9 Å². The molecule has 0 saturated carbocycles. The number of fused-ring (bicyclic) bond motifs is 1. The Balaban J connectivity index is 1.78. The molecule has 0 aliphatic carbocycles. The molecule has 2 atom stereocenters. The van der Waals surface area contributed by atoms with Crippen LogP contribution in [-0.2, 0) is 14.3 Å². The van der Waals surface area contributed by atoms with E-state index in [0.29, 0.717) is 18.8 Å². The van der Waals surface area contributed by atoms with Gasteiger partial charge in [0.25, 0.3) is 5.91 Å². The average Bonchev–Trinajstić information content (AvgIpc) is 3.03. The van der Waals surface area contributed by atoms with Gasteiger partial charge in [-0.3, -0.25) is 4.79 Å². The first-order valence-corrected chi connectivity index (χ1v) is 8.64. The number of esters is 1. The highest BCUT2D eigenvalue weighted by molar-refractivity contribution is 5.98. The van der Waals surface area contributed by atoms with Crippen LogP contribution in [0.5, 0.6) is 0 Å². The van der Waals surface area contributed by atoms with E-state index >= 15 is 0 Å². The minimum atomic E-state index is -0.734. The van der Waals surface area contributed by atoms with E-state index in [1.165, 1.54) is 0 Å². The van der Waals surface area contributed by atoms with Crippen LogP contribution in [0.1, 0.15) is 35.9 Å². The van der Waals surface area contributed by atoms with Crippen LogP contribution in [0.15, 0.2) is 28.7 Å². The number of benzene rings is 1. The molecule has 0 unspecified atom stereocenters. The summed E-state index contributed by atoms with van der Waals surface area (Å²) < 4.78 is 16.2. The smallest absolute Gasteiger partial charge is 0.329 e. The van der Waals surface area contributed by atoms with Crippen molar-refractivity contribution in [2.75, 3.05) is 19.8 Å². The molecule has 1 aliphatic rings. The quantitative estimate of drug-likeness (QED) is 0.843. The Bertz CT molecular complexity index is 760. The summed E-state index contributed by atoms with van der Waals surface area (Å²) in [6.45, 7) is 5.11. The van der Waals surface area contributed by atoms with Crippen molar-refractivity contribution >= 4 is 22.8 Å². The van der Waals surface area contributed by atoms with Gasteiger partial charge < -0.3 is 19.2 Å². The van der Waals surface area contributed by atoms with Crippen LogP contribution >= 0.6 is 0 Å². The maximum absolute atomic E-state index is 12.6. The lowest BCUT2D eigenvalue weighted by atomic mass is 9.93.